The molecular weight excluding hydrogens is 304 g/mol. The molecule has 1 aliphatic rings. The number of hydrogen-bond acceptors (Lipinski definition) is 4. The third-order valence-electron chi connectivity index (χ3n) is 4.66. The summed E-state index contributed by atoms with van der Waals surface area (Å²) >= 11 is 0. The highest BCUT2D eigenvalue weighted by Crippen LogP contribution is 2.22. The molecule has 3 N–H and O–H groups in total. The van der Waals surface area contributed by atoms with Crippen LogP contribution in [0.4, 0.5) is 0 Å². The van der Waals surface area contributed by atoms with Gasteiger partial charge >= 0.3 is 0 Å². The van der Waals surface area contributed by atoms with Crippen LogP contribution in [0.15, 0.2) is 18.3 Å². The fraction of sp³-hybridized carbons (Fsp3) is 0.611. The quantitative estimate of drug-likeness (QED) is 0.824. The molecule has 6 heteroatoms. The topological polar surface area (TPSA) is 88.3 Å². The van der Waals surface area contributed by atoms with Gasteiger partial charge in [-0.15, -0.1) is 0 Å². The molecule has 0 unspecified atom stereocenters. The zero-order chi connectivity index (χ0) is 17.7. The van der Waals surface area contributed by atoms with Gasteiger partial charge < -0.3 is 10.6 Å². The number of carbonyl (C=O) groups excluding carboxylic acids is 2. The third-order valence-corrected chi connectivity index (χ3v) is 4.66. The standard InChI is InChI=1S/C18H28N4O2/c1-12(2)16(17-13(3)6-4-8-20-17)21-10-15(23)22-9-5-7-14(11-22)18(19)24/h4,6,8,12,14,16,21H,5,7,9-11H2,1-3H3,(H2,19,24)/t14-,16+/m1/s1. The van der Waals surface area contributed by atoms with Crippen LogP contribution in [0, 0.1) is 18.8 Å². The smallest absolute Gasteiger partial charge is 0.236 e. The van der Waals surface area contributed by atoms with E-state index in [1.165, 1.54) is 0 Å². The number of aryl methyl sites for hydroxylation is 1. The number of nitrogens with one attached hydrogen (secondary N) is 1. The first-order chi connectivity index (χ1) is 11.4. The maximum atomic E-state index is 12.5. The van der Waals surface area contributed by atoms with Crippen molar-refractivity contribution in [3.63, 3.8) is 0 Å². The van der Waals surface area contributed by atoms with E-state index >= 15 is 0 Å². The Kier molecular flexibility index (Phi) is 6.31. The summed E-state index contributed by atoms with van der Waals surface area (Å²) in [6.07, 6.45) is 3.38. The Bertz CT molecular complexity index is 588. The van der Waals surface area contributed by atoms with Crippen molar-refractivity contribution in [2.24, 2.45) is 17.6 Å². The number of primary amides is 1. The first kappa shape index (κ1) is 18.4. The predicted molar refractivity (Wildman–Crippen MR) is 93.1 cm³/mol. The second-order valence-electron chi connectivity index (χ2n) is 6.89. The monoisotopic (exact) mass is 332 g/mol. The van der Waals surface area contributed by atoms with Crippen molar-refractivity contribution in [2.75, 3.05) is 19.6 Å². The molecule has 2 amide bonds. The van der Waals surface area contributed by atoms with Gasteiger partial charge in [0, 0.05) is 19.3 Å². The Labute approximate surface area is 143 Å². The summed E-state index contributed by atoms with van der Waals surface area (Å²) in [4.78, 5) is 30.1. The maximum Gasteiger partial charge on any atom is 0.236 e. The van der Waals surface area contributed by atoms with Crippen LogP contribution in [0.25, 0.3) is 0 Å². The van der Waals surface area contributed by atoms with Crippen molar-refractivity contribution in [3.8, 4) is 0 Å². The van der Waals surface area contributed by atoms with Gasteiger partial charge in [0.15, 0.2) is 0 Å². The van der Waals surface area contributed by atoms with Gasteiger partial charge in [-0.25, -0.2) is 0 Å². The second kappa shape index (κ2) is 8.24. The summed E-state index contributed by atoms with van der Waals surface area (Å²) in [6, 6.07) is 3.97. The second-order valence-corrected chi connectivity index (χ2v) is 6.89. The molecule has 2 heterocycles. The van der Waals surface area contributed by atoms with Crippen molar-refractivity contribution < 1.29 is 9.59 Å². The molecule has 0 spiro atoms. The lowest BCUT2D eigenvalue weighted by atomic mass is 9.96. The number of pyridine rings is 1. The van der Waals surface area contributed by atoms with E-state index in [1.807, 2.05) is 19.1 Å². The summed E-state index contributed by atoms with van der Waals surface area (Å²) < 4.78 is 0. The molecule has 2 atom stereocenters. The third kappa shape index (κ3) is 4.54. The Hall–Kier alpha value is -1.95. The van der Waals surface area contributed by atoms with Gasteiger partial charge in [0.05, 0.1) is 24.2 Å². The highest BCUT2D eigenvalue weighted by atomic mass is 16.2. The SMILES string of the molecule is Cc1cccnc1[C@@H](NCC(=O)N1CCC[C@@H](C(N)=O)C1)C(C)C. The van der Waals surface area contributed by atoms with E-state index in [1.54, 1.807) is 11.1 Å². The van der Waals surface area contributed by atoms with E-state index in [-0.39, 0.29) is 30.3 Å². The predicted octanol–water partition coefficient (Wildman–Crippen LogP) is 1.40. The number of rotatable bonds is 6. The zero-order valence-electron chi connectivity index (χ0n) is 14.8. The Morgan fingerprint density at radius 2 is 2.21 bits per heavy atom. The molecule has 0 aromatic carbocycles. The molecule has 0 saturated carbocycles. The van der Waals surface area contributed by atoms with Gasteiger partial charge in [0.25, 0.3) is 0 Å². The highest BCUT2D eigenvalue weighted by molar-refractivity contribution is 5.81. The van der Waals surface area contributed by atoms with Crippen molar-refractivity contribution in [1.82, 2.24) is 15.2 Å². The molecular formula is C18H28N4O2. The summed E-state index contributed by atoms with van der Waals surface area (Å²) in [6.45, 7) is 7.62. The van der Waals surface area contributed by atoms with Crippen LogP contribution in [-0.2, 0) is 9.59 Å². The number of nitrogens with zero attached hydrogens (tertiary/aromatic N) is 2. The van der Waals surface area contributed by atoms with Gasteiger partial charge in [-0.05, 0) is 37.3 Å². The molecule has 1 aliphatic heterocycles. The van der Waals surface area contributed by atoms with Crippen molar-refractivity contribution in [2.45, 2.75) is 39.7 Å². The lowest BCUT2D eigenvalue weighted by molar-refractivity contribution is -0.134. The highest BCUT2D eigenvalue weighted by Gasteiger charge is 2.27. The fourth-order valence-corrected chi connectivity index (χ4v) is 3.22. The van der Waals surface area contributed by atoms with E-state index < -0.39 is 0 Å². The number of carbonyl (C=O) groups is 2. The number of nitrogens with two attached hydrogens (primary N) is 1. The van der Waals surface area contributed by atoms with Crippen LogP contribution in [-0.4, -0.2) is 41.3 Å². The van der Waals surface area contributed by atoms with E-state index in [0.29, 0.717) is 19.0 Å². The lowest BCUT2D eigenvalue weighted by Gasteiger charge is -2.32. The van der Waals surface area contributed by atoms with Crippen LogP contribution in [0.1, 0.15) is 44.0 Å². The van der Waals surface area contributed by atoms with Crippen LogP contribution < -0.4 is 11.1 Å². The van der Waals surface area contributed by atoms with Crippen LogP contribution in [0.5, 0.6) is 0 Å². The Morgan fingerprint density at radius 3 is 2.83 bits per heavy atom. The molecule has 6 nitrogen and oxygen atoms in total. The van der Waals surface area contributed by atoms with E-state index in [4.69, 9.17) is 5.73 Å². The van der Waals surface area contributed by atoms with Crippen LogP contribution in [0.3, 0.4) is 0 Å². The zero-order valence-corrected chi connectivity index (χ0v) is 14.8. The molecule has 2 rings (SSSR count). The summed E-state index contributed by atoms with van der Waals surface area (Å²) in [7, 11) is 0. The molecule has 132 valence electrons. The van der Waals surface area contributed by atoms with Crippen molar-refractivity contribution >= 4 is 11.8 Å². The largest absolute Gasteiger partial charge is 0.369 e. The van der Waals surface area contributed by atoms with Crippen LogP contribution in [0.2, 0.25) is 0 Å². The number of aromatic nitrogens is 1. The number of amides is 2. The summed E-state index contributed by atoms with van der Waals surface area (Å²) in [5.41, 5.74) is 7.48. The maximum absolute atomic E-state index is 12.5. The number of likely N-dealkylation sites (tertiary alicyclic amines) is 1. The van der Waals surface area contributed by atoms with E-state index in [9.17, 15) is 9.59 Å². The minimum atomic E-state index is -0.315. The van der Waals surface area contributed by atoms with Gasteiger partial charge in [-0.3, -0.25) is 19.9 Å². The first-order valence-corrected chi connectivity index (χ1v) is 8.62. The van der Waals surface area contributed by atoms with E-state index in [2.05, 4.69) is 24.1 Å². The summed E-state index contributed by atoms with van der Waals surface area (Å²) in [5, 5.41) is 3.35. The lowest BCUT2D eigenvalue weighted by Crippen LogP contribution is -2.47. The summed E-state index contributed by atoms with van der Waals surface area (Å²) in [5.74, 6) is -0.211. The average Bonchev–Trinajstić information content (AvgIpc) is 2.56. The molecule has 24 heavy (non-hydrogen) atoms. The fourth-order valence-electron chi connectivity index (χ4n) is 3.22. The van der Waals surface area contributed by atoms with Crippen molar-refractivity contribution in [3.05, 3.63) is 29.6 Å². The van der Waals surface area contributed by atoms with Gasteiger partial charge in [0.2, 0.25) is 11.8 Å². The molecule has 1 saturated heterocycles. The average molecular weight is 332 g/mol. The first-order valence-electron chi connectivity index (χ1n) is 8.62. The minimum absolute atomic E-state index is 0.0141. The van der Waals surface area contributed by atoms with Crippen LogP contribution >= 0.6 is 0 Å². The number of piperidine rings is 1. The molecule has 0 aliphatic carbocycles. The number of hydrogen-bond donors (Lipinski definition) is 2. The van der Waals surface area contributed by atoms with Gasteiger partial charge in [-0.2, -0.15) is 0 Å². The normalized spacial score (nSPS) is 19.3. The minimum Gasteiger partial charge on any atom is -0.369 e. The van der Waals surface area contributed by atoms with Crippen molar-refractivity contribution in [1.29, 1.82) is 0 Å². The van der Waals surface area contributed by atoms with Gasteiger partial charge in [-0.1, -0.05) is 19.9 Å². The molecule has 0 bridgehead atoms. The molecule has 1 aromatic heterocycles. The van der Waals surface area contributed by atoms with E-state index in [0.717, 1.165) is 24.1 Å². The molecule has 1 aromatic rings. The Morgan fingerprint density at radius 1 is 1.46 bits per heavy atom. The molecule has 1 fully saturated rings. The Balaban J connectivity index is 1.98. The van der Waals surface area contributed by atoms with Gasteiger partial charge in [0.1, 0.15) is 0 Å². The molecule has 0 radical (unpaired) electrons.